The average molecular weight is 408 g/mol. The number of aryl methyl sites for hydroxylation is 1. The lowest BCUT2D eigenvalue weighted by Crippen LogP contribution is -2.33. The van der Waals surface area contributed by atoms with Crippen molar-refractivity contribution in [2.45, 2.75) is 18.5 Å². The van der Waals surface area contributed by atoms with Crippen molar-refractivity contribution in [1.29, 1.82) is 5.26 Å². The van der Waals surface area contributed by atoms with Gasteiger partial charge in [0.25, 0.3) is 0 Å². The number of carbonyl (C=O) groups excluding carboxylic acids is 1. The summed E-state index contributed by atoms with van der Waals surface area (Å²) in [6.45, 7) is 2.25. The first-order valence-electron chi connectivity index (χ1n) is 8.93. The van der Waals surface area contributed by atoms with Gasteiger partial charge in [0.15, 0.2) is 0 Å². The van der Waals surface area contributed by atoms with Gasteiger partial charge in [-0.25, -0.2) is 0 Å². The SMILES string of the molecule is COc1ccccc1N(CCC#N)C(=O)CSc1nnnn1-c1ccccc1C. The number of rotatable bonds is 8. The Labute approximate surface area is 173 Å². The third-order valence-corrected chi connectivity index (χ3v) is 5.14. The van der Waals surface area contributed by atoms with E-state index in [1.807, 2.05) is 43.3 Å². The van der Waals surface area contributed by atoms with E-state index in [1.54, 1.807) is 28.8 Å². The van der Waals surface area contributed by atoms with Gasteiger partial charge in [-0.15, -0.1) is 5.10 Å². The molecule has 1 amide bonds. The van der Waals surface area contributed by atoms with Crippen LogP contribution in [-0.2, 0) is 4.79 Å². The van der Waals surface area contributed by atoms with Crippen molar-refractivity contribution < 1.29 is 9.53 Å². The van der Waals surface area contributed by atoms with Gasteiger partial charge >= 0.3 is 0 Å². The highest BCUT2D eigenvalue weighted by atomic mass is 32.2. The second-order valence-electron chi connectivity index (χ2n) is 6.07. The van der Waals surface area contributed by atoms with Crippen LogP contribution in [-0.4, -0.2) is 45.5 Å². The molecule has 1 aromatic heterocycles. The molecule has 0 aliphatic carbocycles. The van der Waals surface area contributed by atoms with Gasteiger partial charge in [-0.2, -0.15) is 9.94 Å². The van der Waals surface area contributed by atoms with Gasteiger partial charge in [0.1, 0.15) is 5.75 Å². The molecular formula is C20H20N6O2S. The number of ether oxygens (including phenoxy) is 1. The molecule has 9 heteroatoms. The van der Waals surface area contributed by atoms with Gasteiger partial charge in [-0.1, -0.05) is 42.1 Å². The first-order chi connectivity index (χ1) is 14.2. The maximum Gasteiger partial charge on any atom is 0.237 e. The third kappa shape index (κ3) is 4.73. The monoisotopic (exact) mass is 408 g/mol. The fourth-order valence-corrected chi connectivity index (χ4v) is 3.58. The van der Waals surface area contributed by atoms with Gasteiger partial charge in [-0.3, -0.25) is 4.79 Å². The molecule has 0 aliphatic heterocycles. The number of aromatic nitrogens is 4. The average Bonchev–Trinajstić information content (AvgIpc) is 3.21. The van der Waals surface area contributed by atoms with Crippen LogP contribution in [0.15, 0.2) is 53.7 Å². The molecule has 0 saturated carbocycles. The van der Waals surface area contributed by atoms with Crippen LogP contribution in [0.3, 0.4) is 0 Å². The molecule has 0 N–H and O–H groups in total. The third-order valence-electron chi connectivity index (χ3n) is 4.23. The van der Waals surface area contributed by atoms with Crippen LogP contribution in [0.4, 0.5) is 5.69 Å². The number of nitriles is 1. The largest absolute Gasteiger partial charge is 0.495 e. The molecule has 0 atom stereocenters. The minimum absolute atomic E-state index is 0.121. The molecule has 3 rings (SSSR count). The highest BCUT2D eigenvalue weighted by molar-refractivity contribution is 7.99. The summed E-state index contributed by atoms with van der Waals surface area (Å²) in [6, 6.07) is 17.1. The lowest BCUT2D eigenvalue weighted by Gasteiger charge is -2.23. The van der Waals surface area contributed by atoms with Crippen molar-refractivity contribution >= 4 is 23.4 Å². The van der Waals surface area contributed by atoms with Crippen molar-refractivity contribution in [1.82, 2.24) is 20.2 Å². The zero-order valence-electron chi connectivity index (χ0n) is 16.1. The van der Waals surface area contributed by atoms with Crippen LogP contribution < -0.4 is 9.64 Å². The Morgan fingerprint density at radius 2 is 2.00 bits per heavy atom. The Morgan fingerprint density at radius 3 is 2.76 bits per heavy atom. The summed E-state index contributed by atoms with van der Waals surface area (Å²) in [5, 5.41) is 21.4. The molecule has 0 spiro atoms. The minimum atomic E-state index is -0.158. The van der Waals surface area contributed by atoms with Gasteiger partial charge in [0, 0.05) is 6.54 Å². The smallest absolute Gasteiger partial charge is 0.237 e. The maximum absolute atomic E-state index is 13.0. The lowest BCUT2D eigenvalue weighted by atomic mass is 10.2. The fraction of sp³-hybridized carbons (Fsp3) is 0.250. The molecule has 8 nitrogen and oxygen atoms in total. The van der Waals surface area contributed by atoms with E-state index in [0.717, 1.165) is 11.3 Å². The highest BCUT2D eigenvalue weighted by Crippen LogP contribution is 2.29. The van der Waals surface area contributed by atoms with E-state index in [9.17, 15) is 4.79 Å². The Balaban J connectivity index is 1.79. The summed E-state index contributed by atoms with van der Waals surface area (Å²) in [5.74, 6) is 0.540. The maximum atomic E-state index is 13.0. The van der Waals surface area contributed by atoms with Crippen LogP contribution >= 0.6 is 11.8 Å². The number of tetrazole rings is 1. The van der Waals surface area contributed by atoms with Crippen LogP contribution in [0.5, 0.6) is 5.75 Å². The molecule has 1 heterocycles. The van der Waals surface area contributed by atoms with Crippen molar-refractivity contribution in [3.05, 3.63) is 54.1 Å². The molecule has 0 radical (unpaired) electrons. The number of nitrogens with zero attached hydrogens (tertiary/aromatic N) is 6. The number of anilines is 1. The van der Waals surface area contributed by atoms with E-state index in [-0.39, 0.29) is 24.6 Å². The molecule has 0 bridgehead atoms. The first kappa shape index (κ1) is 20.4. The topological polar surface area (TPSA) is 96.9 Å². The second-order valence-corrected chi connectivity index (χ2v) is 7.02. The Hall–Kier alpha value is -3.38. The van der Waals surface area contributed by atoms with Gasteiger partial charge < -0.3 is 9.64 Å². The molecule has 148 valence electrons. The number of thioether (sulfide) groups is 1. The lowest BCUT2D eigenvalue weighted by molar-refractivity contribution is -0.116. The summed E-state index contributed by atoms with van der Waals surface area (Å²) in [5.41, 5.74) is 2.52. The molecular weight excluding hydrogens is 388 g/mol. The molecule has 2 aromatic carbocycles. The van der Waals surface area contributed by atoms with Gasteiger partial charge in [0.05, 0.1) is 36.7 Å². The summed E-state index contributed by atoms with van der Waals surface area (Å²) in [4.78, 5) is 14.6. The molecule has 29 heavy (non-hydrogen) atoms. The van der Waals surface area contributed by atoms with Crippen LogP contribution in [0.25, 0.3) is 5.69 Å². The van der Waals surface area contributed by atoms with Crippen molar-refractivity contribution in [2.75, 3.05) is 24.3 Å². The van der Waals surface area contributed by atoms with E-state index >= 15 is 0 Å². The summed E-state index contributed by atoms with van der Waals surface area (Å²) in [7, 11) is 1.55. The van der Waals surface area contributed by atoms with E-state index in [4.69, 9.17) is 10.00 Å². The van der Waals surface area contributed by atoms with Crippen LogP contribution in [0.1, 0.15) is 12.0 Å². The van der Waals surface area contributed by atoms with Gasteiger partial charge in [0.2, 0.25) is 11.1 Å². The quantitative estimate of drug-likeness (QED) is 0.529. The zero-order chi connectivity index (χ0) is 20.6. The van der Waals surface area contributed by atoms with Crippen LogP contribution in [0.2, 0.25) is 0 Å². The van der Waals surface area contributed by atoms with E-state index < -0.39 is 0 Å². The van der Waals surface area contributed by atoms with E-state index in [0.29, 0.717) is 16.6 Å². The summed E-state index contributed by atoms with van der Waals surface area (Å²) in [6.07, 6.45) is 0.218. The number of hydrogen-bond donors (Lipinski definition) is 0. The van der Waals surface area contributed by atoms with Crippen molar-refractivity contribution in [3.8, 4) is 17.5 Å². The Bertz CT molecular complexity index is 1030. The fourth-order valence-electron chi connectivity index (χ4n) is 2.82. The minimum Gasteiger partial charge on any atom is -0.495 e. The van der Waals surface area contributed by atoms with Crippen molar-refractivity contribution in [2.24, 2.45) is 0 Å². The van der Waals surface area contributed by atoms with Crippen LogP contribution in [0, 0.1) is 18.3 Å². The summed E-state index contributed by atoms with van der Waals surface area (Å²) >= 11 is 1.25. The molecule has 0 unspecified atom stereocenters. The number of amides is 1. The molecule has 0 aliphatic rings. The Kier molecular flexibility index (Phi) is 6.81. The zero-order valence-corrected chi connectivity index (χ0v) is 17.0. The van der Waals surface area contributed by atoms with E-state index in [1.165, 1.54) is 11.8 Å². The molecule has 3 aromatic rings. The van der Waals surface area contributed by atoms with Crippen molar-refractivity contribution in [3.63, 3.8) is 0 Å². The normalized spacial score (nSPS) is 10.4. The molecule has 0 saturated heterocycles. The standard InChI is InChI=1S/C20H20N6O2S/c1-15-8-3-4-9-16(15)26-20(22-23-24-26)29-14-19(27)25(13-7-12-21)17-10-5-6-11-18(17)28-2/h3-6,8-11H,7,13-14H2,1-2H3. The first-order valence-corrected chi connectivity index (χ1v) is 9.91. The number of hydrogen-bond acceptors (Lipinski definition) is 7. The highest BCUT2D eigenvalue weighted by Gasteiger charge is 2.21. The number of para-hydroxylation sites is 3. The second kappa shape index (κ2) is 9.71. The predicted molar refractivity (Wildman–Crippen MR) is 110 cm³/mol. The van der Waals surface area contributed by atoms with E-state index in [2.05, 4.69) is 21.6 Å². The number of carbonyl (C=O) groups is 1. The Morgan fingerprint density at radius 1 is 1.24 bits per heavy atom. The number of benzene rings is 2. The predicted octanol–water partition coefficient (Wildman–Crippen LogP) is 3.02. The number of methoxy groups -OCH3 is 1. The molecule has 0 fully saturated rings. The van der Waals surface area contributed by atoms with Gasteiger partial charge in [-0.05, 0) is 41.1 Å². The summed E-state index contributed by atoms with van der Waals surface area (Å²) < 4.78 is 7.00.